The maximum Gasteiger partial charge on any atom is 0.275 e. The van der Waals surface area contributed by atoms with E-state index in [0.29, 0.717) is 18.0 Å². The molecule has 18 heavy (non-hydrogen) atoms. The van der Waals surface area contributed by atoms with Crippen LogP contribution in [0.5, 0.6) is 5.75 Å². The maximum atomic E-state index is 10.8. The molecule has 0 atom stereocenters. The van der Waals surface area contributed by atoms with Gasteiger partial charge in [0, 0.05) is 28.9 Å². The molecule has 1 aromatic heterocycles. The number of anilines is 1. The zero-order valence-corrected chi connectivity index (χ0v) is 10.4. The lowest BCUT2D eigenvalue weighted by Crippen LogP contribution is -1.99. The number of hydrogen-bond acceptors (Lipinski definition) is 6. The van der Waals surface area contributed by atoms with E-state index in [2.05, 4.69) is 10.3 Å². The third-order valence-corrected chi connectivity index (χ3v) is 3.07. The second-order valence-electron chi connectivity index (χ2n) is 3.50. The van der Waals surface area contributed by atoms with Crippen molar-refractivity contribution in [1.29, 1.82) is 0 Å². The van der Waals surface area contributed by atoms with Crippen LogP contribution in [0, 0.1) is 10.1 Å². The van der Waals surface area contributed by atoms with E-state index in [4.69, 9.17) is 4.74 Å². The van der Waals surface area contributed by atoms with Crippen molar-refractivity contribution in [2.45, 2.75) is 6.54 Å². The first-order valence-electron chi connectivity index (χ1n) is 5.14. The standard InChI is InChI=1S/C11H11N3O3S/c1-17-10-3-8(2-9(4-10)14(15)16)13-6-11-5-12-7-18-11/h2-5,7,13H,6H2,1H3. The number of nitro benzene ring substituents is 1. The molecule has 0 amide bonds. The van der Waals surface area contributed by atoms with Gasteiger partial charge in [0.1, 0.15) is 5.75 Å². The highest BCUT2D eigenvalue weighted by molar-refractivity contribution is 7.09. The fourth-order valence-corrected chi connectivity index (χ4v) is 1.96. The van der Waals surface area contributed by atoms with Gasteiger partial charge in [0.15, 0.2) is 0 Å². The number of benzene rings is 1. The molecule has 0 saturated heterocycles. The summed E-state index contributed by atoms with van der Waals surface area (Å²) in [5, 5.41) is 13.9. The summed E-state index contributed by atoms with van der Waals surface area (Å²) in [5.41, 5.74) is 2.39. The average molecular weight is 265 g/mol. The highest BCUT2D eigenvalue weighted by Gasteiger charge is 2.10. The van der Waals surface area contributed by atoms with Crippen molar-refractivity contribution >= 4 is 22.7 Å². The molecule has 1 N–H and O–H groups in total. The quantitative estimate of drug-likeness (QED) is 0.664. The fourth-order valence-electron chi connectivity index (χ4n) is 1.43. The number of ether oxygens (including phenoxy) is 1. The third-order valence-electron chi connectivity index (χ3n) is 2.29. The van der Waals surface area contributed by atoms with Gasteiger partial charge in [-0.25, -0.2) is 0 Å². The highest BCUT2D eigenvalue weighted by atomic mass is 32.1. The van der Waals surface area contributed by atoms with Gasteiger partial charge in [0.25, 0.3) is 5.69 Å². The van der Waals surface area contributed by atoms with Crippen LogP contribution in [0.2, 0.25) is 0 Å². The number of methoxy groups -OCH3 is 1. The summed E-state index contributed by atoms with van der Waals surface area (Å²) >= 11 is 1.52. The minimum atomic E-state index is -0.444. The molecule has 0 aliphatic heterocycles. The van der Waals surface area contributed by atoms with E-state index in [1.807, 2.05) is 0 Å². The Kier molecular flexibility index (Phi) is 3.73. The number of nitro groups is 1. The Balaban J connectivity index is 2.16. The van der Waals surface area contributed by atoms with Crippen LogP contribution in [-0.2, 0) is 6.54 Å². The van der Waals surface area contributed by atoms with Gasteiger partial charge in [-0.05, 0) is 0 Å². The Morgan fingerprint density at radius 1 is 1.50 bits per heavy atom. The van der Waals surface area contributed by atoms with E-state index in [1.54, 1.807) is 17.8 Å². The largest absolute Gasteiger partial charge is 0.496 e. The molecule has 0 spiro atoms. The molecule has 1 aromatic carbocycles. The number of non-ortho nitro benzene ring substituents is 1. The van der Waals surface area contributed by atoms with Crippen LogP contribution in [0.4, 0.5) is 11.4 Å². The van der Waals surface area contributed by atoms with Crippen LogP contribution in [0.1, 0.15) is 4.88 Å². The summed E-state index contributed by atoms with van der Waals surface area (Å²) in [6.07, 6.45) is 1.76. The van der Waals surface area contributed by atoms with Crippen LogP contribution in [0.15, 0.2) is 29.9 Å². The van der Waals surface area contributed by atoms with Crippen LogP contribution in [0.3, 0.4) is 0 Å². The molecule has 2 rings (SSSR count). The summed E-state index contributed by atoms with van der Waals surface area (Å²) in [5.74, 6) is 0.455. The predicted molar refractivity (Wildman–Crippen MR) is 69.1 cm³/mol. The Labute approximate surface area is 107 Å². The first-order valence-corrected chi connectivity index (χ1v) is 6.01. The fraction of sp³-hybridized carbons (Fsp3) is 0.182. The van der Waals surface area contributed by atoms with Crippen LogP contribution < -0.4 is 10.1 Å². The summed E-state index contributed by atoms with van der Waals surface area (Å²) in [7, 11) is 1.48. The predicted octanol–water partition coefficient (Wildman–Crippen LogP) is 2.67. The summed E-state index contributed by atoms with van der Waals surface area (Å²) < 4.78 is 5.03. The Morgan fingerprint density at radius 2 is 2.33 bits per heavy atom. The first kappa shape index (κ1) is 12.3. The van der Waals surface area contributed by atoms with Crippen molar-refractivity contribution in [3.8, 4) is 5.75 Å². The number of aromatic nitrogens is 1. The molecule has 7 heteroatoms. The van der Waals surface area contributed by atoms with Crippen molar-refractivity contribution in [3.63, 3.8) is 0 Å². The average Bonchev–Trinajstić information content (AvgIpc) is 2.89. The molecule has 94 valence electrons. The summed E-state index contributed by atoms with van der Waals surface area (Å²) in [6.45, 7) is 0.578. The van der Waals surface area contributed by atoms with Gasteiger partial charge in [-0.3, -0.25) is 15.1 Å². The van der Waals surface area contributed by atoms with E-state index >= 15 is 0 Å². The molecule has 6 nitrogen and oxygen atoms in total. The summed E-state index contributed by atoms with van der Waals surface area (Å²) in [4.78, 5) is 15.3. The van der Waals surface area contributed by atoms with Crippen molar-refractivity contribution < 1.29 is 9.66 Å². The molecule has 1 heterocycles. The Hall–Kier alpha value is -2.15. The molecule has 0 aliphatic carbocycles. The number of thiazole rings is 1. The SMILES string of the molecule is COc1cc(NCc2cncs2)cc([N+](=O)[O-])c1. The molecule has 0 radical (unpaired) electrons. The maximum absolute atomic E-state index is 10.8. The topological polar surface area (TPSA) is 77.3 Å². The monoisotopic (exact) mass is 265 g/mol. The Bertz CT molecular complexity index is 542. The second kappa shape index (κ2) is 5.46. The minimum absolute atomic E-state index is 0.00107. The second-order valence-corrected chi connectivity index (χ2v) is 4.47. The van der Waals surface area contributed by atoms with Crippen molar-refractivity contribution in [2.75, 3.05) is 12.4 Å². The normalized spacial score (nSPS) is 10.1. The van der Waals surface area contributed by atoms with E-state index in [1.165, 1.54) is 30.6 Å². The van der Waals surface area contributed by atoms with Crippen molar-refractivity contribution in [3.05, 3.63) is 44.9 Å². The number of hydrogen-bond donors (Lipinski definition) is 1. The van der Waals surface area contributed by atoms with Crippen LogP contribution in [0.25, 0.3) is 0 Å². The molecule has 0 fully saturated rings. The lowest BCUT2D eigenvalue weighted by atomic mass is 10.2. The van der Waals surface area contributed by atoms with Gasteiger partial charge in [0.2, 0.25) is 0 Å². The van der Waals surface area contributed by atoms with E-state index in [0.717, 1.165) is 4.88 Å². The molecular formula is C11H11N3O3S. The first-order chi connectivity index (χ1) is 8.69. The lowest BCUT2D eigenvalue weighted by Gasteiger charge is -2.07. The third kappa shape index (κ3) is 2.95. The summed E-state index contributed by atoms with van der Waals surface area (Å²) in [6, 6.07) is 4.58. The minimum Gasteiger partial charge on any atom is -0.496 e. The van der Waals surface area contributed by atoms with Crippen LogP contribution in [-0.4, -0.2) is 17.0 Å². The highest BCUT2D eigenvalue weighted by Crippen LogP contribution is 2.26. The van der Waals surface area contributed by atoms with Crippen LogP contribution >= 0.6 is 11.3 Å². The van der Waals surface area contributed by atoms with Gasteiger partial charge in [-0.1, -0.05) is 0 Å². The van der Waals surface area contributed by atoms with Gasteiger partial charge in [-0.15, -0.1) is 11.3 Å². The molecule has 0 unspecified atom stereocenters. The number of nitrogens with one attached hydrogen (secondary N) is 1. The van der Waals surface area contributed by atoms with Gasteiger partial charge in [-0.2, -0.15) is 0 Å². The Morgan fingerprint density at radius 3 is 2.94 bits per heavy atom. The van der Waals surface area contributed by atoms with Crippen molar-refractivity contribution in [2.24, 2.45) is 0 Å². The zero-order chi connectivity index (χ0) is 13.0. The lowest BCUT2D eigenvalue weighted by molar-refractivity contribution is -0.384. The van der Waals surface area contributed by atoms with Gasteiger partial charge >= 0.3 is 0 Å². The van der Waals surface area contributed by atoms with E-state index in [9.17, 15) is 10.1 Å². The molecule has 0 saturated carbocycles. The molecule has 0 aliphatic rings. The van der Waals surface area contributed by atoms with Gasteiger partial charge in [0.05, 0.1) is 30.2 Å². The molecule has 0 bridgehead atoms. The number of rotatable bonds is 5. The zero-order valence-electron chi connectivity index (χ0n) is 9.62. The van der Waals surface area contributed by atoms with Gasteiger partial charge < -0.3 is 10.1 Å². The van der Waals surface area contributed by atoms with Crippen molar-refractivity contribution in [1.82, 2.24) is 4.98 Å². The van der Waals surface area contributed by atoms with E-state index in [-0.39, 0.29) is 5.69 Å². The molecular weight excluding hydrogens is 254 g/mol. The smallest absolute Gasteiger partial charge is 0.275 e. The van der Waals surface area contributed by atoms with E-state index < -0.39 is 4.92 Å². The molecule has 2 aromatic rings. The number of nitrogens with zero attached hydrogens (tertiary/aromatic N) is 2.